The maximum absolute atomic E-state index is 10.6. The molecule has 1 N–H and O–H groups in total. The van der Waals surface area contributed by atoms with Crippen LogP contribution in [0.2, 0.25) is 0 Å². The third-order valence-corrected chi connectivity index (χ3v) is 2.23. The molecule has 0 bridgehead atoms. The zero-order valence-electron chi connectivity index (χ0n) is 8.56. The second kappa shape index (κ2) is 5.93. The van der Waals surface area contributed by atoms with Gasteiger partial charge in [0.2, 0.25) is 0 Å². The summed E-state index contributed by atoms with van der Waals surface area (Å²) in [7, 11) is 0. The molecular formula is C11H9NO3S. The number of hydrogen-bond donors (Lipinski definition) is 1. The number of carboxylic acids is 1. The highest BCUT2D eigenvalue weighted by Gasteiger charge is 2.02. The Labute approximate surface area is 97.1 Å². The van der Waals surface area contributed by atoms with E-state index in [1.807, 2.05) is 0 Å². The summed E-state index contributed by atoms with van der Waals surface area (Å²) in [5.74, 6) is 4.74. The van der Waals surface area contributed by atoms with Gasteiger partial charge in [0, 0.05) is 6.92 Å². The van der Waals surface area contributed by atoms with Gasteiger partial charge in [0.25, 0.3) is 0 Å². The Hall–Kier alpha value is -1.80. The first-order valence-electron chi connectivity index (χ1n) is 4.42. The predicted molar refractivity (Wildman–Crippen MR) is 61.2 cm³/mol. The number of carbonyl (C=O) groups is 2. The molecular weight excluding hydrogens is 226 g/mol. The molecule has 0 radical (unpaired) electrons. The fraction of sp³-hybridized carbons (Fsp3) is 0.182. The second-order valence-electron chi connectivity index (χ2n) is 2.80. The van der Waals surface area contributed by atoms with Gasteiger partial charge in [-0.05, 0) is 18.1 Å². The van der Waals surface area contributed by atoms with Crippen LogP contribution in [0.5, 0.6) is 0 Å². The van der Waals surface area contributed by atoms with E-state index >= 15 is 0 Å². The van der Waals surface area contributed by atoms with Gasteiger partial charge in [0.15, 0.2) is 5.12 Å². The van der Waals surface area contributed by atoms with Crippen LogP contribution in [0.15, 0.2) is 18.2 Å². The largest absolute Gasteiger partial charge is 0.477 e. The monoisotopic (exact) mass is 235 g/mol. The van der Waals surface area contributed by atoms with E-state index in [-0.39, 0.29) is 10.8 Å². The van der Waals surface area contributed by atoms with E-state index in [0.29, 0.717) is 11.4 Å². The van der Waals surface area contributed by atoms with Crippen LogP contribution in [-0.2, 0) is 4.79 Å². The Kier molecular flexibility index (Phi) is 4.55. The first-order chi connectivity index (χ1) is 7.59. The van der Waals surface area contributed by atoms with Crippen molar-refractivity contribution in [2.24, 2.45) is 0 Å². The molecule has 0 saturated heterocycles. The lowest BCUT2D eigenvalue weighted by Crippen LogP contribution is -2.00. The van der Waals surface area contributed by atoms with Crippen LogP contribution >= 0.6 is 11.8 Å². The second-order valence-corrected chi connectivity index (χ2v) is 3.95. The molecule has 1 rings (SSSR count). The Bertz CT molecular complexity index is 474. The molecule has 0 saturated carbocycles. The van der Waals surface area contributed by atoms with Crippen LogP contribution in [-0.4, -0.2) is 26.9 Å². The molecule has 0 unspecified atom stereocenters. The first-order valence-corrected chi connectivity index (χ1v) is 5.41. The summed E-state index contributed by atoms with van der Waals surface area (Å²) in [6.07, 6.45) is 0. The lowest BCUT2D eigenvalue weighted by molar-refractivity contribution is -0.109. The molecule has 0 fully saturated rings. The molecule has 4 nitrogen and oxygen atoms in total. The van der Waals surface area contributed by atoms with Gasteiger partial charge in [-0.25, -0.2) is 9.78 Å². The summed E-state index contributed by atoms with van der Waals surface area (Å²) >= 11 is 1.10. The number of pyridine rings is 1. The van der Waals surface area contributed by atoms with Crippen molar-refractivity contribution in [3.05, 3.63) is 29.6 Å². The van der Waals surface area contributed by atoms with E-state index in [9.17, 15) is 9.59 Å². The van der Waals surface area contributed by atoms with Gasteiger partial charge in [0.05, 0.1) is 5.75 Å². The zero-order chi connectivity index (χ0) is 12.0. The SMILES string of the molecule is CC(=O)SCC#Cc1cccc(C(=O)O)n1. The van der Waals surface area contributed by atoms with Crippen molar-refractivity contribution in [1.82, 2.24) is 4.98 Å². The number of thioether (sulfide) groups is 1. The zero-order valence-corrected chi connectivity index (χ0v) is 9.37. The standard InChI is InChI=1S/C11H9NO3S/c1-8(13)16-7-3-5-9-4-2-6-10(12-9)11(14)15/h2,4,6H,7H2,1H3,(H,14,15). The lowest BCUT2D eigenvalue weighted by atomic mass is 10.3. The van der Waals surface area contributed by atoms with Gasteiger partial charge in [-0.1, -0.05) is 23.7 Å². The van der Waals surface area contributed by atoms with Crippen LogP contribution in [0.4, 0.5) is 0 Å². The van der Waals surface area contributed by atoms with E-state index in [1.165, 1.54) is 13.0 Å². The van der Waals surface area contributed by atoms with Gasteiger partial charge in [-0.3, -0.25) is 4.79 Å². The summed E-state index contributed by atoms with van der Waals surface area (Å²) in [4.78, 5) is 25.0. The number of carbonyl (C=O) groups excluding carboxylic acids is 1. The fourth-order valence-corrected chi connectivity index (χ4v) is 1.24. The lowest BCUT2D eigenvalue weighted by Gasteiger charge is -1.93. The minimum absolute atomic E-state index is 0.00143. The van der Waals surface area contributed by atoms with Gasteiger partial charge in [-0.15, -0.1) is 0 Å². The van der Waals surface area contributed by atoms with E-state index in [1.54, 1.807) is 12.1 Å². The smallest absolute Gasteiger partial charge is 0.354 e. The van der Waals surface area contributed by atoms with Crippen molar-refractivity contribution < 1.29 is 14.7 Å². The minimum Gasteiger partial charge on any atom is -0.477 e. The Morgan fingerprint density at radius 3 is 2.88 bits per heavy atom. The average Bonchev–Trinajstić information content (AvgIpc) is 2.24. The molecule has 0 aliphatic rings. The third kappa shape index (κ3) is 4.15. The van der Waals surface area contributed by atoms with Gasteiger partial charge in [-0.2, -0.15) is 0 Å². The summed E-state index contributed by atoms with van der Waals surface area (Å²) in [5.41, 5.74) is 0.357. The fourth-order valence-electron chi connectivity index (χ4n) is 0.888. The molecule has 1 heterocycles. The molecule has 0 aromatic carbocycles. The number of rotatable bonds is 2. The highest BCUT2D eigenvalue weighted by atomic mass is 32.2. The van der Waals surface area contributed by atoms with E-state index in [4.69, 9.17) is 5.11 Å². The Morgan fingerprint density at radius 2 is 2.25 bits per heavy atom. The molecule has 16 heavy (non-hydrogen) atoms. The summed E-state index contributed by atoms with van der Waals surface area (Å²) in [5, 5.41) is 8.70. The van der Waals surface area contributed by atoms with Crippen molar-refractivity contribution >= 4 is 22.8 Å². The Balaban J connectivity index is 2.70. The quantitative estimate of drug-likeness (QED) is 0.785. The summed E-state index contributed by atoms with van der Waals surface area (Å²) in [6, 6.07) is 4.61. The van der Waals surface area contributed by atoms with E-state index in [2.05, 4.69) is 16.8 Å². The molecule has 1 aromatic rings. The number of hydrogen-bond acceptors (Lipinski definition) is 4. The highest BCUT2D eigenvalue weighted by molar-refractivity contribution is 8.13. The number of carboxylic acid groups (broad SMARTS) is 1. The van der Waals surface area contributed by atoms with Crippen molar-refractivity contribution in [2.75, 3.05) is 5.75 Å². The maximum Gasteiger partial charge on any atom is 0.354 e. The van der Waals surface area contributed by atoms with Crippen molar-refractivity contribution in [3.63, 3.8) is 0 Å². The van der Waals surface area contributed by atoms with Gasteiger partial charge in [0.1, 0.15) is 11.4 Å². The van der Waals surface area contributed by atoms with Crippen LogP contribution in [0, 0.1) is 11.8 Å². The van der Waals surface area contributed by atoms with Crippen molar-refractivity contribution in [2.45, 2.75) is 6.92 Å². The molecule has 82 valence electrons. The van der Waals surface area contributed by atoms with Crippen molar-refractivity contribution in [1.29, 1.82) is 0 Å². The molecule has 0 aliphatic carbocycles. The molecule has 0 atom stereocenters. The summed E-state index contributed by atoms with van der Waals surface area (Å²) in [6.45, 7) is 1.47. The number of aromatic carboxylic acids is 1. The van der Waals surface area contributed by atoms with Crippen LogP contribution in [0.3, 0.4) is 0 Å². The molecule has 0 amide bonds. The van der Waals surface area contributed by atoms with Crippen LogP contribution in [0.25, 0.3) is 0 Å². The highest BCUT2D eigenvalue weighted by Crippen LogP contribution is 2.00. The Morgan fingerprint density at radius 1 is 1.50 bits per heavy atom. The van der Waals surface area contributed by atoms with E-state index in [0.717, 1.165) is 11.8 Å². The molecule has 5 heteroatoms. The number of aromatic nitrogens is 1. The maximum atomic E-state index is 10.6. The normalized spacial score (nSPS) is 9.06. The van der Waals surface area contributed by atoms with Crippen LogP contribution < -0.4 is 0 Å². The van der Waals surface area contributed by atoms with Gasteiger partial charge >= 0.3 is 5.97 Å². The third-order valence-electron chi connectivity index (χ3n) is 1.53. The predicted octanol–water partition coefficient (Wildman–Crippen LogP) is 1.41. The summed E-state index contributed by atoms with van der Waals surface area (Å²) < 4.78 is 0. The van der Waals surface area contributed by atoms with E-state index < -0.39 is 5.97 Å². The molecule has 1 aromatic heterocycles. The van der Waals surface area contributed by atoms with Gasteiger partial charge < -0.3 is 5.11 Å². The molecule has 0 spiro atoms. The molecule has 0 aliphatic heterocycles. The number of nitrogens with zero attached hydrogens (tertiary/aromatic N) is 1. The first kappa shape index (κ1) is 12.3. The van der Waals surface area contributed by atoms with Crippen LogP contribution in [0.1, 0.15) is 23.1 Å². The van der Waals surface area contributed by atoms with Crippen molar-refractivity contribution in [3.8, 4) is 11.8 Å². The minimum atomic E-state index is -1.08. The topological polar surface area (TPSA) is 67.3 Å². The average molecular weight is 235 g/mol.